The third-order valence-electron chi connectivity index (χ3n) is 7.25. The summed E-state index contributed by atoms with van der Waals surface area (Å²) in [5.41, 5.74) is 0. The first kappa shape index (κ1) is 33.5. The van der Waals surface area contributed by atoms with Gasteiger partial charge in [-0.1, -0.05) is 174 Å². The zero-order valence-corrected chi connectivity index (χ0v) is 23.8. The van der Waals surface area contributed by atoms with Gasteiger partial charge in [0.05, 0.1) is 6.61 Å². The summed E-state index contributed by atoms with van der Waals surface area (Å²) in [6.07, 6.45) is 37.2. The smallest absolute Gasteiger partial charge is 0.305 e. The van der Waals surface area contributed by atoms with Crippen LogP contribution < -0.4 is 0 Å². The average Bonchev–Trinajstić information content (AvgIpc) is 2.84. The van der Waals surface area contributed by atoms with Crippen molar-refractivity contribution in [3.05, 3.63) is 0 Å². The molecule has 0 aromatic rings. The second-order valence-electron chi connectivity index (χ2n) is 10.8. The molecule has 0 aliphatic heterocycles. The van der Waals surface area contributed by atoms with E-state index in [4.69, 9.17) is 4.74 Å². The van der Waals surface area contributed by atoms with Crippen LogP contribution in [0.2, 0.25) is 0 Å². The highest BCUT2D eigenvalue weighted by Gasteiger charge is 2.02. The van der Waals surface area contributed by atoms with Gasteiger partial charge in [-0.3, -0.25) is 4.79 Å². The van der Waals surface area contributed by atoms with Gasteiger partial charge in [0, 0.05) is 6.42 Å². The Morgan fingerprint density at radius 2 is 0.647 bits per heavy atom. The van der Waals surface area contributed by atoms with Crippen molar-refractivity contribution in [2.75, 3.05) is 6.61 Å². The van der Waals surface area contributed by atoms with Crippen LogP contribution in [0.5, 0.6) is 0 Å². The Balaban J connectivity index is 3.13. The van der Waals surface area contributed by atoms with E-state index in [0.717, 1.165) is 12.8 Å². The largest absolute Gasteiger partial charge is 0.466 e. The minimum absolute atomic E-state index is 0.0254. The number of rotatable bonds is 29. The van der Waals surface area contributed by atoms with E-state index in [9.17, 15) is 4.79 Å². The van der Waals surface area contributed by atoms with Crippen LogP contribution in [0.1, 0.15) is 194 Å². The van der Waals surface area contributed by atoms with Crippen molar-refractivity contribution in [2.45, 2.75) is 194 Å². The van der Waals surface area contributed by atoms with Crippen LogP contribution in [0, 0.1) is 0 Å². The van der Waals surface area contributed by atoms with E-state index in [2.05, 4.69) is 13.8 Å². The lowest BCUT2D eigenvalue weighted by Gasteiger charge is -2.06. The Labute approximate surface area is 215 Å². The number of unbranched alkanes of at least 4 members (excludes halogenated alkanes) is 25. The molecule has 0 N–H and O–H groups in total. The molecule has 0 bridgehead atoms. The fourth-order valence-corrected chi connectivity index (χ4v) is 4.84. The van der Waals surface area contributed by atoms with Gasteiger partial charge in [-0.15, -0.1) is 0 Å². The molecule has 0 radical (unpaired) electrons. The highest BCUT2D eigenvalue weighted by atomic mass is 16.5. The summed E-state index contributed by atoms with van der Waals surface area (Å²) in [6, 6.07) is 0. The second kappa shape index (κ2) is 30.5. The van der Waals surface area contributed by atoms with E-state index < -0.39 is 0 Å². The van der Waals surface area contributed by atoms with Crippen LogP contribution >= 0.6 is 0 Å². The standard InChI is InChI=1S/C32H64O2/c1-3-5-7-9-11-13-15-17-18-19-21-23-25-27-29-31-34-32(33)30-28-26-24-22-20-16-14-12-10-8-6-4-2/h3-31H2,1-2H3. The number of carbonyl (C=O) groups is 1. The first-order valence-electron chi connectivity index (χ1n) is 16.0. The van der Waals surface area contributed by atoms with Gasteiger partial charge in [0.25, 0.3) is 0 Å². The van der Waals surface area contributed by atoms with Crippen molar-refractivity contribution in [3.63, 3.8) is 0 Å². The zero-order valence-electron chi connectivity index (χ0n) is 23.8. The monoisotopic (exact) mass is 480 g/mol. The number of hydrogen-bond acceptors (Lipinski definition) is 2. The molecule has 34 heavy (non-hydrogen) atoms. The fraction of sp³-hybridized carbons (Fsp3) is 0.969. The van der Waals surface area contributed by atoms with Crippen LogP contribution in [0.15, 0.2) is 0 Å². The van der Waals surface area contributed by atoms with Crippen molar-refractivity contribution in [3.8, 4) is 0 Å². The van der Waals surface area contributed by atoms with Crippen molar-refractivity contribution in [1.29, 1.82) is 0 Å². The van der Waals surface area contributed by atoms with Gasteiger partial charge >= 0.3 is 5.97 Å². The molecular weight excluding hydrogens is 416 g/mol. The van der Waals surface area contributed by atoms with Crippen LogP contribution in [-0.4, -0.2) is 12.6 Å². The molecule has 0 aliphatic carbocycles. The Morgan fingerprint density at radius 3 is 0.971 bits per heavy atom. The second-order valence-corrected chi connectivity index (χ2v) is 10.8. The fourth-order valence-electron chi connectivity index (χ4n) is 4.84. The Morgan fingerprint density at radius 1 is 0.382 bits per heavy atom. The van der Waals surface area contributed by atoms with E-state index in [1.165, 1.54) is 161 Å². The molecule has 0 fully saturated rings. The third kappa shape index (κ3) is 29.5. The molecule has 0 heterocycles. The molecule has 0 aliphatic rings. The van der Waals surface area contributed by atoms with Crippen LogP contribution in [0.25, 0.3) is 0 Å². The molecular formula is C32H64O2. The number of ether oxygens (including phenoxy) is 1. The maximum absolute atomic E-state index is 11.9. The summed E-state index contributed by atoms with van der Waals surface area (Å²) in [5, 5.41) is 0. The highest BCUT2D eigenvalue weighted by molar-refractivity contribution is 5.69. The minimum Gasteiger partial charge on any atom is -0.466 e. The first-order valence-corrected chi connectivity index (χ1v) is 16.0. The molecule has 0 aromatic heterocycles. The van der Waals surface area contributed by atoms with Gasteiger partial charge < -0.3 is 4.74 Å². The number of carbonyl (C=O) groups excluding carboxylic acids is 1. The summed E-state index contributed by atoms with van der Waals surface area (Å²) in [7, 11) is 0. The summed E-state index contributed by atoms with van der Waals surface area (Å²) in [5.74, 6) is 0.0254. The lowest BCUT2D eigenvalue weighted by molar-refractivity contribution is -0.143. The van der Waals surface area contributed by atoms with E-state index in [-0.39, 0.29) is 5.97 Å². The summed E-state index contributed by atoms with van der Waals surface area (Å²) in [4.78, 5) is 11.9. The summed E-state index contributed by atoms with van der Waals surface area (Å²) < 4.78 is 5.42. The molecule has 2 heteroatoms. The van der Waals surface area contributed by atoms with Gasteiger partial charge in [-0.25, -0.2) is 0 Å². The maximum atomic E-state index is 11.9. The van der Waals surface area contributed by atoms with E-state index in [0.29, 0.717) is 13.0 Å². The van der Waals surface area contributed by atoms with E-state index in [1.54, 1.807) is 0 Å². The predicted octanol–water partition coefficient (Wildman–Crippen LogP) is 11.5. The molecule has 204 valence electrons. The zero-order chi connectivity index (χ0) is 24.8. The van der Waals surface area contributed by atoms with E-state index in [1.807, 2.05) is 0 Å². The molecule has 0 spiro atoms. The molecule has 0 amide bonds. The molecule has 0 atom stereocenters. The van der Waals surface area contributed by atoms with Gasteiger partial charge in [0.2, 0.25) is 0 Å². The van der Waals surface area contributed by atoms with Gasteiger partial charge in [0.15, 0.2) is 0 Å². The molecule has 0 saturated heterocycles. The normalized spacial score (nSPS) is 11.2. The molecule has 0 aromatic carbocycles. The minimum atomic E-state index is 0.0254. The average molecular weight is 481 g/mol. The molecule has 0 rings (SSSR count). The van der Waals surface area contributed by atoms with Crippen molar-refractivity contribution in [2.24, 2.45) is 0 Å². The van der Waals surface area contributed by atoms with Crippen LogP contribution in [0.3, 0.4) is 0 Å². The lowest BCUT2D eigenvalue weighted by Crippen LogP contribution is -2.05. The topological polar surface area (TPSA) is 26.3 Å². The van der Waals surface area contributed by atoms with Crippen LogP contribution in [-0.2, 0) is 9.53 Å². The maximum Gasteiger partial charge on any atom is 0.305 e. The van der Waals surface area contributed by atoms with Crippen LogP contribution in [0.4, 0.5) is 0 Å². The van der Waals surface area contributed by atoms with Gasteiger partial charge in [-0.05, 0) is 12.8 Å². The molecule has 0 saturated carbocycles. The summed E-state index contributed by atoms with van der Waals surface area (Å²) in [6.45, 7) is 5.20. The van der Waals surface area contributed by atoms with E-state index >= 15 is 0 Å². The van der Waals surface area contributed by atoms with Gasteiger partial charge in [0.1, 0.15) is 0 Å². The van der Waals surface area contributed by atoms with Gasteiger partial charge in [-0.2, -0.15) is 0 Å². The van der Waals surface area contributed by atoms with Crippen molar-refractivity contribution < 1.29 is 9.53 Å². The lowest BCUT2D eigenvalue weighted by atomic mass is 10.0. The Hall–Kier alpha value is -0.530. The molecule has 0 unspecified atom stereocenters. The summed E-state index contributed by atoms with van der Waals surface area (Å²) >= 11 is 0. The number of hydrogen-bond donors (Lipinski definition) is 0. The quantitative estimate of drug-likeness (QED) is 0.0785. The third-order valence-corrected chi connectivity index (χ3v) is 7.25. The molecule has 2 nitrogen and oxygen atoms in total. The Kier molecular flexibility index (Phi) is 30.0. The highest BCUT2D eigenvalue weighted by Crippen LogP contribution is 2.14. The SMILES string of the molecule is CCCCCCCCCCCCCCCCCOC(=O)CCCCCCCCCCCCCC. The van der Waals surface area contributed by atoms with Crippen molar-refractivity contribution in [1.82, 2.24) is 0 Å². The predicted molar refractivity (Wildman–Crippen MR) is 152 cm³/mol. The first-order chi connectivity index (χ1) is 16.8. The Bertz CT molecular complexity index is 379. The number of esters is 1. The van der Waals surface area contributed by atoms with Crippen molar-refractivity contribution >= 4 is 5.97 Å².